The third kappa shape index (κ3) is 5.53. The third-order valence-corrected chi connectivity index (χ3v) is 4.71. The van der Waals surface area contributed by atoms with Crippen molar-refractivity contribution in [3.63, 3.8) is 0 Å². The van der Waals surface area contributed by atoms with E-state index in [0.717, 1.165) is 22.6 Å². The molecule has 0 aliphatic rings. The van der Waals surface area contributed by atoms with Gasteiger partial charge in [-0.15, -0.1) is 0 Å². The number of nitrogens with zero attached hydrogens (tertiary/aromatic N) is 4. The van der Waals surface area contributed by atoms with Crippen LogP contribution in [0.3, 0.4) is 0 Å². The molecule has 3 rings (SSSR count). The van der Waals surface area contributed by atoms with Gasteiger partial charge in [0, 0.05) is 12.6 Å². The second-order valence-corrected chi connectivity index (χ2v) is 7.55. The largest absolute Gasteiger partial charge is 0.497 e. The summed E-state index contributed by atoms with van der Waals surface area (Å²) in [5, 5.41) is 12.1. The number of amides is 1. The lowest BCUT2D eigenvalue weighted by atomic mass is 10.3. The van der Waals surface area contributed by atoms with E-state index >= 15 is 0 Å². The number of ether oxygens (including phenoxy) is 2. The van der Waals surface area contributed by atoms with Gasteiger partial charge in [0.15, 0.2) is 17.4 Å². The smallest absolute Gasteiger partial charge is 0.258 e. The van der Waals surface area contributed by atoms with Crippen molar-refractivity contribution in [2.75, 3.05) is 31.8 Å². The highest BCUT2D eigenvalue weighted by molar-refractivity contribution is 7.98. The van der Waals surface area contributed by atoms with Gasteiger partial charge in [0.2, 0.25) is 0 Å². The zero-order chi connectivity index (χ0) is 21.5. The highest BCUT2D eigenvalue weighted by Crippen LogP contribution is 2.24. The summed E-state index contributed by atoms with van der Waals surface area (Å²) in [6, 6.07) is 7.32. The molecule has 0 aliphatic carbocycles. The molecule has 160 valence electrons. The molecule has 30 heavy (non-hydrogen) atoms. The van der Waals surface area contributed by atoms with Crippen molar-refractivity contribution in [1.82, 2.24) is 25.1 Å². The third-order valence-electron chi connectivity index (χ3n) is 4.16. The van der Waals surface area contributed by atoms with Gasteiger partial charge in [0.1, 0.15) is 17.3 Å². The first-order valence-electron chi connectivity index (χ1n) is 9.57. The first kappa shape index (κ1) is 21.7. The fourth-order valence-electron chi connectivity index (χ4n) is 2.75. The Bertz CT molecular complexity index is 990. The molecule has 0 aliphatic heterocycles. The van der Waals surface area contributed by atoms with Gasteiger partial charge in [-0.2, -0.15) is 5.10 Å². The van der Waals surface area contributed by atoms with Crippen molar-refractivity contribution in [2.45, 2.75) is 31.6 Å². The van der Waals surface area contributed by atoms with Crippen LogP contribution in [-0.2, 0) is 11.3 Å². The van der Waals surface area contributed by atoms with Gasteiger partial charge in [-0.3, -0.25) is 4.79 Å². The van der Waals surface area contributed by atoms with Crippen LogP contribution >= 0.6 is 11.8 Å². The van der Waals surface area contributed by atoms with Crippen molar-refractivity contribution in [1.29, 1.82) is 0 Å². The Labute approximate surface area is 179 Å². The Kier molecular flexibility index (Phi) is 7.34. The van der Waals surface area contributed by atoms with Crippen molar-refractivity contribution in [3.8, 4) is 11.5 Å². The number of carbonyl (C=O) groups excluding carboxylic acids is 1. The van der Waals surface area contributed by atoms with Crippen LogP contribution in [0.25, 0.3) is 11.0 Å². The fourth-order valence-corrected chi connectivity index (χ4v) is 3.11. The number of rotatable bonds is 10. The van der Waals surface area contributed by atoms with Gasteiger partial charge in [-0.25, -0.2) is 14.6 Å². The summed E-state index contributed by atoms with van der Waals surface area (Å²) in [5.74, 6) is 1.90. The van der Waals surface area contributed by atoms with Crippen LogP contribution in [0.1, 0.15) is 13.8 Å². The van der Waals surface area contributed by atoms with Gasteiger partial charge in [-0.1, -0.05) is 11.8 Å². The van der Waals surface area contributed by atoms with E-state index in [1.165, 1.54) is 11.8 Å². The average Bonchev–Trinajstić information content (AvgIpc) is 3.15. The van der Waals surface area contributed by atoms with Crippen molar-refractivity contribution < 1.29 is 14.3 Å². The molecule has 0 fully saturated rings. The van der Waals surface area contributed by atoms with Crippen LogP contribution in [0.5, 0.6) is 11.5 Å². The minimum Gasteiger partial charge on any atom is -0.497 e. The maximum absolute atomic E-state index is 12.1. The fraction of sp³-hybridized carbons (Fsp3) is 0.400. The van der Waals surface area contributed by atoms with Gasteiger partial charge < -0.3 is 20.1 Å². The van der Waals surface area contributed by atoms with Crippen LogP contribution in [0, 0.1) is 0 Å². The summed E-state index contributed by atoms with van der Waals surface area (Å²) in [7, 11) is 1.60. The summed E-state index contributed by atoms with van der Waals surface area (Å²) in [6.45, 7) is 4.95. The Hall–Kier alpha value is -3.01. The molecule has 10 heteroatoms. The standard InChI is InChI=1S/C20H26N6O3S/c1-13(2)23-18-16-11-22-26(19(16)25-20(24-18)30-4)10-9-21-17(27)12-29-15-7-5-14(28-3)6-8-15/h5-8,11,13H,9-10,12H2,1-4H3,(H,21,27)(H,23,24,25). The zero-order valence-corrected chi connectivity index (χ0v) is 18.3. The molecule has 0 spiro atoms. The van der Waals surface area contributed by atoms with Crippen LogP contribution < -0.4 is 20.1 Å². The van der Waals surface area contributed by atoms with Crippen molar-refractivity contribution >= 4 is 34.5 Å². The Morgan fingerprint density at radius 3 is 2.60 bits per heavy atom. The second kappa shape index (κ2) is 10.1. The van der Waals surface area contributed by atoms with E-state index in [2.05, 4.69) is 39.5 Å². The topological polar surface area (TPSA) is 103 Å². The molecular formula is C20H26N6O3S. The number of nitrogens with one attached hydrogen (secondary N) is 2. The summed E-state index contributed by atoms with van der Waals surface area (Å²) in [5.41, 5.74) is 0.737. The number of hydrogen-bond donors (Lipinski definition) is 2. The summed E-state index contributed by atoms with van der Waals surface area (Å²) in [6.07, 6.45) is 3.68. The molecule has 3 aromatic rings. The van der Waals surface area contributed by atoms with Gasteiger partial charge in [-0.05, 0) is 44.4 Å². The first-order chi connectivity index (χ1) is 14.5. The number of methoxy groups -OCH3 is 1. The predicted molar refractivity (Wildman–Crippen MR) is 117 cm³/mol. The van der Waals surface area contributed by atoms with E-state index in [1.807, 2.05) is 6.26 Å². The maximum Gasteiger partial charge on any atom is 0.258 e. The van der Waals surface area contributed by atoms with E-state index in [9.17, 15) is 4.79 Å². The van der Waals surface area contributed by atoms with E-state index in [0.29, 0.717) is 24.0 Å². The lowest BCUT2D eigenvalue weighted by Gasteiger charge is -2.11. The maximum atomic E-state index is 12.1. The molecule has 1 aromatic carbocycles. The monoisotopic (exact) mass is 430 g/mol. The van der Waals surface area contributed by atoms with Crippen LogP contribution in [0.15, 0.2) is 35.6 Å². The van der Waals surface area contributed by atoms with Crippen molar-refractivity contribution in [2.24, 2.45) is 0 Å². The first-order valence-corrected chi connectivity index (χ1v) is 10.8. The molecule has 2 heterocycles. The number of carbonyl (C=O) groups is 1. The number of aromatic nitrogens is 4. The Morgan fingerprint density at radius 1 is 1.20 bits per heavy atom. The zero-order valence-electron chi connectivity index (χ0n) is 17.5. The lowest BCUT2D eigenvalue weighted by Crippen LogP contribution is -2.31. The number of benzene rings is 1. The summed E-state index contributed by atoms with van der Waals surface area (Å²) in [4.78, 5) is 21.2. The van der Waals surface area contributed by atoms with E-state index < -0.39 is 0 Å². The molecule has 2 aromatic heterocycles. The molecule has 0 saturated carbocycles. The van der Waals surface area contributed by atoms with E-state index in [4.69, 9.17) is 9.47 Å². The molecule has 0 radical (unpaired) electrons. The number of thioether (sulfide) groups is 1. The summed E-state index contributed by atoms with van der Waals surface area (Å²) >= 11 is 1.48. The number of hydrogen-bond acceptors (Lipinski definition) is 8. The molecule has 0 saturated heterocycles. The molecule has 2 N–H and O–H groups in total. The number of fused-ring (bicyclic) bond motifs is 1. The van der Waals surface area contributed by atoms with Gasteiger partial charge in [0.05, 0.1) is 25.2 Å². The summed E-state index contributed by atoms with van der Waals surface area (Å²) < 4.78 is 12.4. The minimum atomic E-state index is -0.205. The minimum absolute atomic E-state index is 0.0621. The van der Waals surface area contributed by atoms with Gasteiger partial charge in [0.25, 0.3) is 5.91 Å². The molecule has 0 unspecified atom stereocenters. The van der Waals surface area contributed by atoms with E-state index in [-0.39, 0.29) is 18.6 Å². The lowest BCUT2D eigenvalue weighted by molar-refractivity contribution is -0.123. The average molecular weight is 431 g/mol. The Balaban J connectivity index is 1.56. The highest BCUT2D eigenvalue weighted by Gasteiger charge is 2.13. The number of anilines is 1. The van der Waals surface area contributed by atoms with Crippen LogP contribution in [-0.4, -0.2) is 58.2 Å². The predicted octanol–water partition coefficient (Wildman–Crippen LogP) is 2.57. The SMILES string of the molecule is COc1ccc(OCC(=O)NCCn2ncc3c(NC(C)C)nc(SC)nc32)cc1. The normalized spacial score (nSPS) is 11.0. The van der Waals surface area contributed by atoms with Crippen LogP contribution in [0.2, 0.25) is 0 Å². The quantitative estimate of drug-likeness (QED) is 0.374. The molecule has 0 atom stereocenters. The molecule has 0 bridgehead atoms. The highest BCUT2D eigenvalue weighted by atomic mass is 32.2. The molecule has 1 amide bonds. The molecule has 9 nitrogen and oxygen atoms in total. The Morgan fingerprint density at radius 2 is 1.93 bits per heavy atom. The molecular weight excluding hydrogens is 404 g/mol. The second-order valence-electron chi connectivity index (χ2n) is 6.78. The van der Waals surface area contributed by atoms with Gasteiger partial charge >= 0.3 is 0 Å². The van der Waals surface area contributed by atoms with Crippen LogP contribution in [0.4, 0.5) is 5.82 Å². The van der Waals surface area contributed by atoms with Crippen molar-refractivity contribution in [3.05, 3.63) is 30.5 Å². The van der Waals surface area contributed by atoms with E-state index in [1.54, 1.807) is 42.3 Å².